The van der Waals surface area contributed by atoms with Crippen LogP contribution in [0.3, 0.4) is 0 Å². The summed E-state index contributed by atoms with van der Waals surface area (Å²) in [5, 5.41) is 10.1. The third kappa shape index (κ3) is 2.34. The van der Waals surface area contributed by atoms with Crippen molar-refractivity contribution in [3.05, 3.63) is 64.9 Å². The molecule has 0 unspecified atom stereocenters. The minimum absolute atomic E-state index is 0.0424. The third-order valence-corrected chi connectivity index (χ3v) is 3.48. The Morgan fingerprint density at radius 2 is 1.90 bits per heavy atom. The molecule has 1 aromatic heterocycles. The van der Waals surface area contributed by atoms with Crippen LogP contribution in [-0.4, -0.2) is 16.1 Å². The average molecular weight is 302 g/mol. The van der Waals surface area contributed by atoms with Gasteiger partial charge in [-0.3, -0.25) is 0 Å². The number of carbonyl (C=O) groups is 1. The van der Waals surface area contributed by atoms with Crippen LogP contribution in [0.4, 0.5) is 4.39 Å². The molecular weight excluding hydrogens is 293 g/mol. The predicted octanol–water partition coefficient (Wildman–Crippen LogP) is 4.39. The Hall–Kier alpha value is -2.46. The van der Waals surface area contributed by atoms with Crippen LogP contribution in [0.15, 0.2) is 48.5 Å². The normalized spacial score (nSPS) is 10.8. The first-order chi connectivity index (χ1) is 10.1. The predicted molar refractivity (Wildman–Crippen MR) is 79.1 cm³/mol. The van der Waals surface area contributed by atoms with Crippen LogP contribution in [0.2, 0.25) is 5.02 Å². The van der Waals surface area contributed by atoms with Gasteiger partial charge in [0.25, 0.3) is 0 Å². The zero-order valence-corrected chi connectivity index (χ0v) is 11.4. The number of hydrogen-bond donors (Lipinski definition) is 1. The third-order valence-electron chi connectivity index (χ3n) is 3.17. The minimum atomic E-state index is -1.11. The van der Waals surface area contributed by atoms with Crippen LogP contribution >= 0.6 is 11.6 Å². The second kappa shape index (κ2) is 5.14. The Labute approximate surface area is 124 Å². The van der Waals surface area contributed by atoms with Gasteiger partial charge in [-0.05, 0) is 24.3 Å². The van der Waals surface area contributed by atoms with Crippen molar-refractivity contribution in [3.8, 4) is 11.3 Å². The molecule has 0 saturated heterocycles. The van der Waals surface area contributed by atoms with Gasteiger partial charge in [-0.25, -0.2) is 14.2 Å². The molecule has 0 fully saturated rings. The summed E-state index contributed by atoms with van der Waals surface area (Å²) >= 11 is 6.08. The fourth-order valence-corrected chi connectivity index (χ4v) is 2.41. The molecule has 104 valence electrons. The minimum Gasteiger partial charge on any atom is -0.478 e. The summed E-state index contributed by atoms with van der Waals surface area (Å²) < 4.78 is 13.9. The van der Waals surface area contributed by atoms with Crippen LogP contribution in [0, 0.1) is 5.82 Å². The number of hydrogen-bond acceptors (Lipinski definition) is 2. The highest BCUT2D eigenvalue weighted by molar-refractivity contribution is 6.35. The van der Waals surface area contributed by atoms with E-state index in [2.05, 4.69) is 4.98 Å². The molecule has 3 nitrogen and oxygen atoms in total. The molecule has 0 aliphatic carbocycles. The summed E-state index contributed by atoms with van der Waals surface area (Å²) in [6, 6.07) is 12.3. The van der Waals surface area contributed by atoms with Crippen molar-refractivity contribution in [2.24, 2.45) is 0 Å². The van der Waals surface area contributed by atoms with Gasteiger partial charge in [-0.1, -0.05) is 35.9 Å². The zero-order chi connectivity index (χ0) is 15.0. The molecule has 0 aliphatic rings. The summed E-state index contributed by atoms with van der Waals surface area (Å²) in [5.41, 5.74) is 0.867. The van der Waals surface area contributed by atoms with Crippen molar-refractivity contribution < 1.29 is 14.3 Å². The quantitative estimate of drug-likeness (QED) is 0.763. The molecule has 0 radical (unpaired) electrons. The summed E-state index contributed by atoms with van der Waals surface area (Å²) in [6.45, 7) is 0. The number of aromatic nitrogens is 1. The molecule has 0 saturated carbocycles. The molecule has 0 spiro atoms. The van der Waals surface area contributed by atoms with Gasteiger partial charge in [0.05, 0.1) is 21.8 Å². The largest absolute Gasteiger partial charge is 0.478 e. The van der Waals surface area contributed by atoms with Crippen LogP contribution in [-0.2, 0) is 0 Å². The van der Waals surface area contributed by atoms with Gasteiger partial charge >= 0.3 is 5.97 Å². The second-order valence-electron chi connectivity index (χ2n) is 4.48. The van der Waals surface area contributed by atoms with E-state index in [0.29, 0.717) is 15.9 Å². The fourth-order valence-electron chi connectivity index (χ4n) is 2.20. The van der Waals surface area contributed by atoms with Crippen molar-refractivity contribution in [2.75, 3.05) is 0 Å². The lowest BCUT2D eigenvalue weighted by atomic mass is 10.0. The average Bonchev–Trinajstić information content (AvgIpc) is 2.47. The van der Waals surface area contributed by atoms with E-state index in [9.17, 15) is 14.3 Å². The number of aromatic carboxylic acids is 1. The van der Waals surface area contributed by atoms with Crippen molar-refractivity contribution in [3.63, 3.8) is 0 Å². The van der Waals surface area contributed by atoms with Crippen molar-refractivity contribution in [1.82, 2.24) is 4.98 Å². The van der Waals surface area contributed by atoms with Gasteiger partial charge in [0.2, 0.25) is 0 Å². The Morgan fingerprint density at radius 1 is 1.14 bits per heavy atom. The molecule has 2 aromatic carbocycles. The first-order valence-electron chi connectivity index (χ1n) is 6.15. The van der Waals surface area contributed by atoms with E-state index < -0.39 is 11.8 Å². The van der Waals surface area contributed by atoms with Crippen molar-refractivity contribution in [1.29, 1.82) is 0 Å². The monoisotopic (exact) mass is 301 g/mol. The smallest absolute Gasteiger partial charge is 0.336 e. The van der Waals surface area contributed by atoms with Crippen LogP contribution < -0.4 is 0 Å². The molecule has 1 N–H and O–H groups in total. The number of halogens is 2. The van der Waals surface area contributed by atoms with E-state index in [1.165, 1.54) is 12.1 Å². The molecule has 0 bridgehead atoms. The van der Waals surface area contributed by atoms with Gasteiger partial charge < -0.3 is 5.11 Å². The van der Waals surface area contributed by atoms with Crippen LogP contribution in [0.25, 0.3) is 22.2 Å². The maximum Gasteiger partial charge on any atom is 0.336 e. The number of carboxylic acid groups (broad SMARTS) is 1. The highest BCUT2D eigenvalue weighted by Gasteiger charge is 2.16. The molecule has 5 heteroatoms. The summed E-state index contributed by atoms with van der Waals surface area (Å²) in [7, 11) is 0. The second-order valence-corrected chi connectivity index (χ2v) is 4.88. The van der Waals surface area contributed by atoms with Crippen LogP contribution in [0.1, 0.15) is 10.4 Å². The number of para-hydroxylation sites is 1. The Morgan fingerprint density at radius 3 is 2.62 bits per heavy atom. The molecule has 3 aromatic rings. The van der Waals surface area contributed by atoms with E-state index in [1.807, 2.05) is 0 Å². The topological polar surface area (TPSA) is 50.2 Å². The standard InChI is InChI=1S/C16H9ClFNO2/c17-12-6-3-5-9-11(16(20)21)8-14(19-15(9)12)10-4-1-2-7-13(10)18/h1-8H,(H,20,21). The first-order valence-corrected chi connectivity index (χ1v) is 6.53. The maximum atomic E-state index is 13.9. The number of carboxylic acids is 1. The van der Waals surface area contributed by atoms with E-state index in [1.54, 1.807) is 36.4 Å². The molecule has 0 atom stereocenters. The van der Waals surface area contributed by atoms with E-state index in [-0.39, 0.29) is 16.8 Å². The summed E-state index contributed by atoms with van der Waals surface area (Å²) in [6.07, 6.45) is 0. The van der Waals surface area contributed by atoms with Gasteiger partial charge in [-0.2, -0.15) is 0 Å². The number of nitrogens with zero attached hydrogens (tertiary/aromatic N) is 1. The highest BCUT2D eigenvalue weighted by Crippen LogP contribution is 2.30. The Kier molecular flexibility index (Phi) is 3.31. The Balaban J connectivity index is 2.38. The Bertz CT molecular complexity index is 864. The lowest BCUT2D eigenvalue weighted by molar-refractivity contribution is 0.0699. The highest BCUT2D eigenvalue weighted by atomic mass is 35.5. The van der Waals surface area contributed by atoms with Crippen LogP contribution in [0.5, 0.6) is 0 Å². The molecule has 0 amide bonds. The van der Waals surface area contributed by atoms with E-state index in [0.717, 1.165) is 0 Å². The lowest BCUT2D eigenvalue weighted by Gasteiger charge is -2.08. The molecule has 21 heavy (non-hydrogen) atoms. The number of pyridine rings is 1. The van der Waals surface area contributed by atoms with Gasteiger partial charge in [0, 0.05) is 10.9 Å². The number of rotatable bonds is 2. The molecule has 1 heterocycles. The van der Waals surface area contributed by atoms with E-state index >= 15 is 0 Å². The summed E-state index contributed by atoms with van der Waals surface area (Å²) in [5.74, 6) is -1.57. The summed E-state index contributed by atoms with van der Waals surface area (Å²) in [4.78, 5) is 15.7. The zero-order valence-electron chi connectivity index (χ0n) is 10.7. The van der Waals surface area contributed by atoms with Gasteiger partial charge in [0.15, 0.2) is 0 Å². The molecular formula is C16H9ClFNO2. The molecule has 3 rings (SSSR count). The molecule has 0 aliphatic heterocycles. The van der Waals surface area contributed by atoms with Gasteiger partial charge in [0.1, 0.15) is 5.82 Å². The maximum absolute atomic E-state index is 13.9. The van der Waals surface area contributed by atoms with Crippen molar-refractivity contribution >= 4 is 28.5 Å². The van der Waals surface area contributed by atoms with E-state index in [4.69, 9.17) is 11.6 Å². The fraction of sp³-hybridized carbons (Fsp3) is 0. The SMILES string of the molecule is O=C(O)c1cc(-c2ccccc2F)nc2c(Cl)cccc12. The van der Waals surface area contributed by atoms with Crippen molar-refractivity contribution in [2.45, 2.75) is 0 Å². The van der Waals surface area contributed by atoms with Gasteiger partial charge in [-0.15, -0.1) is 0 Å². The number of fused-ring (bicyclic) bond motifs is 1. The lowest BCUT2D eigenvalue weighted by Crippen LogP contribution is -2.01. The first kappa shape index (κ1) is 13.5. The number of benzene rings is 2.